The van der Waals surface area contributed by atoms with Gasteiger partial charge in [0.25, 0.3) is 0 Å². The average Bonchev–Trinajstić information content (AvgIpc) is 3.12. The Morgan fingerprint density at radius 2 is 2.05 bits per heavy atom. The van der Waals surface area contributed by atoms with Crippen LogP contribution in [0.15, 0.2) is 29.8 Å². The first-order valence-electron chi connectivity index (χ1n) is 6.02. The Kier molecular flexibility index (Phi) is 3.64. The lowest BCUT2D eigenvalue weighted by atomic mass is 10.1. The molecule has 5 heteroatoms. The molecule has 1 aromatic rings. The number of hydrogen-bond acceptors (Lipinski definition) is 1. The van der Waals surface area contributed by atoms with Gasteiger partial charge in [-0.1, -0.05) is 12.1 Å². The van der Waals surface area contributed by atoms with Crippen molar-refractivity contribution in [3.63, 3.8) is 0 Å². The minimum absolute atomic E-state index is 0.222. The summed E-state index contributed by atoms with van der Waals surface area (Å²) in [5, 5.41) is 2.79. The predicted octanol–water partition coefficient (Wildman–Crippen LogP) is 3.39. The van der Waals surface area contributed by atoms with E-state index in [0.29, 0.717) is 11.1 Å². The van der Waals surface area contributed by atoms with E-state index in [4.69, 9.17) is 0 Å². The fourth-order valence-corrected chi connectivity index (χ4v) is 1.65. The van der Waals surface area contributed by atoms with Crippen LogP contribution in [0.3, 0.4) is 0 Å². The molecule has 0 aliphatic heterocycles. The number of carbonyl (C=O) groups is 1. The van der Waals surface area contributed by atoms with Crippen LogP contribution in [-0.4, -0.2) is 11.9 Å². The SMILES string of the molecule is C/C(=C\c1cccc(C(F)(F)F)c1)C(=O)NC1CC1. The monoisotopic (exact) mass is 269 g/mol. The quantitative estimate of drug-likeness (QED) is 0.837. The van der Waals surface area contributed by atoms with Gasteiger partial charge < -0.3 is 5.32 Å². The molecule has 1 saturated carbocycles. The molecule has 1 fully saturated rings. The lowest BCUT2D eigenvalue weighted by Crippen LogP contribution is -2.25. The van der Waals surface area contributed by atoms with E-state index < -0.39 is 11.7 Å². The third-order valence-corrected chi connectivity index (χ3v) is 2.87. The molecule has 1 N–H and O–H groups in total. The molecule has 0 spiro atoms. The van der Waals surface area contributed by atoms with E-state index >= 15 is 0 Å². The van der Waals surface area contributed by atoms with Crippen LogP contribution in [-0.2, 0) is 11.0 Å². The van der Waals surface area contributed by atoms with E-state index in [2.05, 4.69) is 5.32 Å². The van der Waals surface area contributed by atoms with Crippen LogP contribution in [0, 0.1) is 0 Å². The predicted molar refractivity (Wildman–Crippen MR) is 66.3 cm³/mol. The van der Waals surface area contributed by atoms with Crippen LogP contribution in [0.5, 0.6) is 0 Å². The highest BCUT2D eigenvalue weighted by Gasteiger charge is 2.30. The van der Waals surface area contributed by atoms with Crippen molar-refractivity contribution in [1.29, 1.82) is 0 Å². The number of nitrogens with one attached hydrogen (secondary N) is 1. The van der Waals surface area contributed by atoms with Crippen molar-refractivity contribution in [1.82, 2.24) is 5.32 Å². The summed E-state index contributed by atoms with van der Waals surface area (Å²) in [6, 6.07) is 5.16. The lowest BCUT2D eigenvalue weighted by Gasteiger charge is -2.07. The highest BCUT2D eigenvalue weighted by atomic mass is 19.4. The highest BCUT2D eigenvalue weighted by molar-refractivity contribution is 5.97. The Labute approximate surface area is 109 Å². The molecule has 0 heterocycles. The largest absolute Gasteiger partial charge is 0.416 e. The van der Waals surface area contributed by atoms with Crippen LogP contribution in [0.1, 0.15) is 30.9 Å². The van der Waals surface area contributed by atoms with Crippen LogP contribution in [0.25, 0.3) is 6.08 Å². The molecule has 0 atom stereocenters. The topological polar surface area (TPSA) is 29.1 Å². The number of rotatable bonds is 3. The molecule has 1 aliphatic carbocycles. The molecule has 0 unspecified atom stereocenters. The van der Waals surface area contributed by atoms with Gasteiger partial charge in [-0.05, 0) is 43.5 Å². The Morgan fingerprint density at radius 1 is 1.37 bits per heavy atom. The maximum Gasteiger partial charge on any atom is 0.416 e. The van der Waals surface area contributed by atoms with E-state index in [9.17, 15) is 18.0 Å². The van der Waals surface area contributed by atoms with Gasteiger partial charge in [0.15, 0.2) is 0 Å². The zero-order chi connectivity index (χ0) is 14.0. The fourth-order valence-electron chi connectivity index (χ4n) is 1.65. The zero-order valence-corrected chi connectivity index (χ0v) is 10.4. The molecule has 0 bridgehead atoms. The van der Waals surface area contributed by atoms with Crippen molar-refractivity contribution in [3.8, 4) is 0 Å². The van der Waals surface area contributed by atoms with Crippen molar-refractivity contribution in [2.24, 2.45) is 0 Å². The standard InChI is InChI=1S/C14H14F3NO/c1-9(13(19)18-12-5-6-12)7-10-3-2-4-11(8-10)14(15,16)17/h2-4,7-8,12H,5-6H2,1H3,(H,18,19)/b9-7+. The lowest BCUT2D eigenvalue weighted by molar-refractivity contribution is -0.137. The molecule has 1 aliphatic rings. The summed E-state index contributed by atoms with van der Waals surface area (Å²) in [5.41, 5.74) is 0.0705. The van der Waals surface area contributed by atoms with Crippen molar-refractivity contribution in [2.75, 3.05) is 0 Å². The third kappa shape index (κ3) is 3.84. The highest BCUT2D eigenvalue weighted by Crippen LogP contribution is 2.30. The molecular formula is C14H14F3NO. The number of hydrogen-bond donors (Lipinski definition) is 1. The van der Waals surface area contributed by atoms with E-state index in [1.54, 1.807) is 13.0 Å². The smallest absolute Gasteiger partial charge is 0.350 e. The number of alkyl halides is 3. The molecule has 2 nitrogen and oxygen atoms in total. The Bertz CT molecular complexity index is 516. The van der Waals surface area contributed by atoms with Gasteiger partial charge in [-0.25, -0.2) is 0 Å². The van der Waals surface area contributed by atoms with Crippen LogP contribution < -0.4 is 5.32 Å². The second-order valence-corrected chi connectivity index (χ2v) is 4.70. The summed E-state index contributed by atoms with van der Waals surface area (Å²) in [7, 11) is 0. The maximum absolute atomic E-state index is 12.5. The van der Waals surface area contributed by atoms with E-state index in [0.717, 1.165) is 25.0 Å². The van der Waals surface area contributed by atoms with Crippen molar-refractivity contribution < 1.29 is 18.0 Å². The number of carbonyl (C=O) groups excluding carboxylic acids is 1. The van der Waals surface area contributed by atoms with Gasteiger partial charge in [-0.3, -0.25) is 4.79 Å². The number of amides is 1. The first-order chi connectivity index (χ1) is 8.86. The maximum atomic E-state index is 12.5. The minimum Gasteiger partial charge on any atom is -0.350 e. The molecule has 102 valence electrons. The molecule has 0 aromatic heterocycles. The van der Waals surface area contributed by atoms with Gasteiger partial charge >= 0.3 is 6.18 Å². The van der Waals surface area contributed by atoms with Crippen molar-refractivity contribution >= 4 is 12.0 Å². The van der Waals surface area contributed by atoms with Crippen LogP contribution in [0.2, 0.25) is 0 Å². The summed E-state index contributed by atoms with van der Waals surface area (Å²) >= 11 is 0. The average molecular weight is 269 g/mol. The summed E-state index contributed by atoms with van der Waals surface area (Å²) in [4.78, 5) is 11.7. The van der Waals surface area contributed by atoms with Gasteiger partial charge in [-0.15, -0.1) is 0 Å². The summed E-state index contributed by atoms with van der Waals surface area (Å²) in [5.74, 6) is -0.222. The summed E-state index contributed by atoms with van der Waals surface area (Å²) in [6.45, 7) is 1.60. The molecule has 0 radical (unpaired) electrons. The molecule has 0 saturated heterocycles. The first-order valence-corrected chi connectivity index (χ1v) is 6.02. The van der Waals surface area contributed by atoms with Gasteiger partial charge in [0.1, 0.15) is 0 Å². The molecule has 1 aromatic carbocycles. The van der Waals surface area contributed by atoms with E-state index in [1.807, 2.05) is 0 Å². The zero-order valence-electron chi connectivity index (χ0n) is 10.4. The van der Waals surface area contributed by atoms with Gasteiger partial charge in [0.2, 0.25) is 5.91 Å². The van der Waals surface area contributed by atoms with Crippen LogP contribution >= 0.6 is 0 Å². The number of benzene rings is 1. The van der Waals surface area contributed by atoms with E-state index in [1.165, 1.54) is 12.1 Å². The third-order valence-electron chi connectivity index (χ3n) is 2.87. The van der Waals surface area contributed by atoms with Gasteiger partial charge in [0.05, 0.1) is 5.56 Å². The molecular weight excluding hydrogens is 255 g/mol. The number of halogens is 3. The molecule has 2 rings (SSSR count). The molecule has 1 amide bonds. The first kappa shape index (κ1) is 13.6. The van der Waals surface area contributed by atoms with Crippen molar-refractivity contribution in [3.05, 3.63) is 41.0 Å². The van der Waals surface area contributed by atoms with Crippen LogP contribution in [0.4, 0.5) is 13.2 Å². The Morgan fingerprint density at radius 3 is 2.63 bits per heavy atom. The Hall–Kier alpha value is -1.78. The molecule has 19 heavy (non-hydrogen) atoms. The van der Waals surface area contributed by atoms with Crippen molar-refractivity contribution in [2.45, 2.75) is 32.0 Å². The van der Waals surface area contributed by atoms with Gasteiger partial charge in [-0.2, -0.15) is 13.2 Å². The second kappa shape index (κ2) is 5.07. The Balaban J connectivity index is 2.14. The summed E-state index contributed by atoms with van der Waals surface area (Å²) < 4.78 is 37.6. The van der Waals surface area contributed by atoms with E-state index in [-0.39, 0.29) is 11.9 Å². The second-order valence-electron chi connectivity index (χ2n) is 4.70. The normalized spacial score (nSPS) is 16.3. The summed E-state index contributed by atoms with van der Waals surface area (Å²) in [6.07, 6.45) is -0.952. The fraction of sp³-hybridized carbons (Fsp3) is 0.357. The minimum atomic E-state index is -4.37. The van der Waals surface area contributed by atoms with Gasteiger partial charge in [0, 0.05) is 11.6 Å².